The standard InChI is InChI=1S/C17H36N2O/c1-5-15-8-10-16(11-9-15)19(4)13-7-6-12-17(2,14-20)18-3/h15-16,18,20H,5-14H2,1-4H3. The first-order valence-corrected chi connectivity index (χ1v) is 8.54. The molecule has 1 rings (SSSR count). The summed E-state index contributed by atoms with van der Waals surface area (Å²) in [5.41, 5.74) is -0.0994. The van der Waals surface area contributed by atoms with Crippen LogP contribution in [0.25, 0.3) is 0 Å². The Labute approximate surface area is 126 Å². The van der Waals surface area contributed by atoms with Crippen LogP contribution in [-0.4, -0.2) is 48.8 Å². The third kappa shape index (κ3) is 5.71. The van der Waals surface area contributed by atoms with Gasteiger partial charge in [-0.3, -0.25) is 0 Å². The molecule has 0 heterocycles. The highest BCUT2D eigenvalue weighted by Crippen LogP contribution is 2.29. The highest BCUT2D eigenvalue weighted by atomic mass is 16.3. The lowest BCUT2D eigenvalue weighted by molar-refractivity contribution is 0.151. The van der Waals surface area contributed by atoms with Crippen molar-refractivity contribution in [2.24, 2.45) is 5.92 Å². The minimum Gasteiger partial charge on any atom is -0.394 e. The van der Waals surface area contributed by atoms with Crippen LogP contribution in [0.15, 0.2) is 0 Å². The smallest absolute Gasteiger partial charge is 0.0610 e. The molecule has 0 aromatic heterocycles. The second-order valence-electron chi connectivity index (χ2n) is 6.99. The van der Waals surface area contributed by atoms with Gasteiger partial charge in [0.2, 0.25) is 0 Å². The van der Waals surface area contributed by atoms with Gasteiger partial charge in [-0.1, -0.05) is 19.8 Å². The van der Waals surface area contributed by atoms with Crippen molar-refractivity contribution in [3.05, 3.63) is 0 Å². The normalized spacial score (nSPS) is 26.7. The van der Waals surface area contributed by atoms with Gasteiger partial charge in [-0.05, 0) is 72.0 Å². The Balaban J connectivity index is 2.16. The zero-order valence-corrected chi connectivity index (χ0v) is 14.1. The molecule has 2 N–H and O–H groups in total. The molecule has 20 heavy (non-hydrogen) atoms. The van der Waals surface area contributed by atoms with Crippen molar-refractivity contribution in [3.63, 3.8) is 0 Å². The Kier molecular flexibility index (Phi) is 8.08. The maximum atomic E-state index is 9.37. The van der Waals surface area contributed by atoms with E-state index in [-0.39, 0.29) is 12.1 Å². The van der Waals surface area contributed by atoms with Crippen LogP contribution in [-0.2, 0) is 0 Å². The first-order valence-electron chi connectivity index (χ1n) is 8.54. The second kappa shape index (κ2) is 9.01. The lowest BCUT2D eigenvalue weighted by Gasteiger charge is -2.34. The zero-order valence-electron chi connectivity index (χ0n) is 14.1. The number of aliphatic hydroxyl groups excluding tert-OH is 1. The molecule has 120 valence electrons. The van der Waals surface area contributed by atoms with E-state index in [1.165, 1.54) is 51.5 Å². The van der Waals surface area contributed by atoms with Gasteiger partial charge >= 0.3 is 0 Å². The van der Waals surface area contributed by atoms with Crippen molar-refractivity contribution < 1.29 is 5.11 Å². The minimum absolute atomic E-state index is 0.0994. The van der Waals surface area contributed by atoms with Gasteiger partial charge in [0.15, 0.2) is 0 Å². The van der Waals surface area contributed by atoms with E-state index in [0.717, 1.165) is 18.4 Å². The summed E-state index contributed by atoms with van der Waals surface area (Å²) in [6.45, 7) is 5.85. The average Bonchev–Trinajstić information content (AvgIpc) is 2.51. The summed E-state index contributed by atoms with van der Waals surface area (Å²) in [6.07, 6.45) is 10.5. The molecule has 1 atom stereocenters. The molecule has 1 aliphatic rings. The molecule has 0 radical (unpaired) electrons. The number of hydrogen-bond donors (Lipinski definition) is 2. The number of rotatable bonds is 9. The van der Waals surface area contributed by atoms with Crippen LogP contribution in [0.1, 0.15) is 65.2 Å². The lowest BCUT2D eigenvalue weighted by atomic mass is 9.84. The molecule has 1 saturated carbocycles. The van der Waals surface area contributed by atoms with Crippen LogP contribution in [0.5, 0.6) is 0 Å². The predicted molar refractivity (Wildman–Crippen MR) is 87.1 cm³/mol. The molecule has 0 amide bonds. The van der Waals surface area contributed by atoms with Gasteiger partial charge in [0, 0.05) is 11.6 Å². The van der Waals surface area contributed by atoms with Gasteiger partial charge in [0.1, 0.15) is 0 Å². The van der Waals surface area contributed by atoms with E-state index >= 15 is 0 Å². The maximum Gasteiger partial charge on any atom is 0.0610 e. The molecule has 0 saturated heterocycles. The molecule has 1 aliphatic carbocycles. The van der Waals surface area contributed by atoms with Crippen molar-refractivity contribution in [1.29, 1.82) is 0 Å². The zero-order chi connectivity index (χ0) is 15.0. The Morgan fingerprint density at radius 2 is 1.85 bits per heavy atom. The summed E-state index contributed by atoms with van der Waals surface area (Å²) in [5, 5.41) is 12.6. The monoisotopic (exact) mass is 284 g/mol. The highest BCUT2D eigenvalue weighted by Gasteiger charge is 2.23. The van der Waals surface area contributed by atoms with Gasteiger partial charge in [0.05, 0.1) is 6.61 Å². The van der Waals surface area contributed by atoms with Gasteiger partial charge in [-0.2, -0.15) is 0 Å². The second-order valence-corrected chi connectivity index (χ2v) is 6.99. The Morgan fingerprint density at radius 1 is 1.20 bits per heavy atom. The first kappa shape index (κ1) is 17.9. The van der Waals surface area contributed by atoms with Gasteiger partial charge in [-0.15, -0.1) is 0 Å². The van der Waals surface area contributed by atoms with Crippen molar-refractivity contribution in [2.45, 2.75) is 76.8 Å². The van der Waals surface area contributed by atoms with Crippen molar-refractivity contribution >= 4 is 0 Å². The van der Waals surface area contributed by atoms with Crippen molar-refractivity contribution in [1.82, 2.24) is 10.2 Å². The molecule has 0 aromatic carbocycles. The fraction of sp³-hybridized carbons (Fsp3) is 1.00. The Hall–Kier alpha value is -0.120. The molecule has 3 nitrogen and oxygen atoms in total. The largest absolute Gasteiger partial charge is 0.394 e. The lowest BCUT2D eigenvalue weighted by Crippen LogP contribution is -2.43. The summed E-state index contributed by atoms with van der Waals surface area (Å²) >= 11 is 0. The van der Waals surface area contributed by atoms with E-state index in [9.17, 15) is 5.11 Å². The van der Waals surface area contributed by atoms with Crippen LogP contribution in [0.3, 0.4) is 0 Å². The van der Waals surface area contributed by atoms with E-state index in [2.05, 4.69) is 31.1 Å². The Morgan fingerprint density at radius 3 is 2.35 bits per heavy atom. The van der Waals surface area contributed by atoms with E-state index in [0.29, 0.717) is 0 Å². The number of nitrogens with zero attached hydrogens (tertiary/aromatic N) is 1. The Bertz CT molecular complexity index is 245. The maximum absolute atomic E-state index is 9.37. The van der Waals surface area contributed by atoms with Gasteiger partial charge in [0.25, 0.3) is 0 Å². The molecule has 0 aromatic rings. The predicted octanol–water partition coefficient (Wildman–Crippen LogP) is 3.03. The SMILES string of the molecule is CCC1CCC(N(C)CCCCC(C)(CO)NC)CC1. The van der Waals surface area contributed by atoms with Crippen molar-refractivity contribution in [3.8, 4) is 0 Å². The molecule has 0 bridgehead atoms. The van der Waals surface area contributed by atoms with Crippen LogP contribution in [0.2, 0.25) is 0 Å². The number of nitrogens with one attached hydrogen (secondary N) is 1. The molecule has 1 unspecified atom stereocenters. The quantitative estimate of drug-likeness (QED) is 0.639. The van der Waals surface area contributed by atoms with Gasteiger partial charge in [-0.25, -0.2) is 0 Å². The topological polar surface area (TPSA) is 35.5 Å². The summed E-state index contributed by atoms with van der Waals surface area (Å²) in [6, 6.07) is 0.811. The molecular weight excluding hydrogens is 248 g/mol. The highest BCUT2D eigenvalue weighted by molar-refractivity contribution is 4.81. The third-order valence-electron chi connectivity index (χ3n) is 5.46. The molecule has 0 aliphatic heterocycles. The fourth-order valence-corrected chi connectivity index (χ4v) is 3.34. The van der Waals surface area contributed by atoms with Crippen LogP contribution in [0.4, 0.5) is 0 Å². The summed E-state index contributed by atoms with van der Waals surface area (Å²) < 4.78 is 0. The fourth-order valence-electron chi connectivity index (χ4n) is 3.34. The molecule has 3 heteroatoms. The van der Waals surface area contributed by atoms with E-state index in [1.54, 1.807) is 0 Å². The van der Waals surface area contributed by atoms with Crippen molar-refractivity contribution in [2.75, 3.05) is 27.2 Å². The number of hydrogen-bond acceptors (Lipinski definition) is 3. The van der Waals surface area contributed by atoms with Gasteiger partial charge < -0.3 is 15.3 Å². The summed E-state index contributed by atoms with van der Waals surface area (Å²) in [7, 11) is 4.23. The number of likely N-dealkylation sites (N-methyl/N-ethyl adjacent to an activating group) is 1. The third-order valence-corrected chi connectivity index (χ3v) is 5.46. The summed E-state index contributed by atoms with van der Waals surface area (Å²) in [4.78, 5) is 2.57. The summed E-state index contributed by atoms with van der Waals surface area (Å²) in [5.74, 6) is 0.987. The average molecular weight is 284 g/mol. The van der Waals surface area contributed by atoms with E-state index in [1.807, 2.05) is 7.05 Å². The first-order chi connectivity index (χ1) is 9.54. The van der Waals surface area contributed by atoms with Crippen LogP contribution in [0, 0.1) is 5.92 Å². The van der Waals surface area contributed by atoms with E-state index in [4.69, 9.17) is 0 Å². The minimum atomic E-state index is -0.0994. The number of aliphatic hydroxyl groups is 1. The molecular formula is C17H36N2O. The number of unbranched alkanes of at least 4 members (excludes halogenated alkanes) is 1. The molecule has 1 fully saturated rings. The van der Waals surface area contributed by atoms with E-state index < -0.39 is 0 Å². The van der Waals surface area contributed by atoms with Crippen LogP contribution >= 0.6 is 0 Å². The molecule has 0 spiro atoms. The van der Waals surface area contributed by atoms with Crippen LogP contribution < -0.4 is 5.32 Å².